The van der Waals surface area contributed by atoms with E-state index >= 15 is 0 Å². The van der Waals surface area contributed by atoms with Crippen LogP contribution in [0.4, 0.5) is 0 Å². The summed E-state index contributed by atoms with van der Waals surface area (Å²) in [4.78, 5) is 11.5. The van der Waals surface area contributed by atoms with E-state index in [0.717, 1.165) is 49.7 Å². The number of rotatable bonds is 14. The van der Waals surface area contributed by atoms with E-state index in [2.05, 4.69) is 13.8 Å². The Morgan fingerprint density at radius 1 is 1.00 bits per heavy atom. The summed E-state index contributed by atoms with van der Waals surface area (Å²) in [5, 5.41) is 30.0. The Bertz CT molecular complexity index is 511. The maximum Gasteiger partial charge on any atom is 0.304 e. The molecule has 0 heterocycles. The highest BCUT2D eigenvalue weighted by atomic mass is 16.4. The molecule has 0 saturated heterocycles. The van der Waals surface area contributed by atoms with Gasteiger partial charge in [-0.15, -0.1) is 0 Å². The summed E-state index contributed by atoms with van der Waals surface area (Å²) in [6, 6.07) is 7.69. The molecular weight excluding hydrogens is 328 g/mol. The third-order valence-corrected chi connectivity index (χ3v) is 5.24. The Morgan fingerprint density at radius 3 is 2.15 bits per heavy atom. The molecule has 0 aromatic heterocycles. The molecule has 0 bridgehead atoms. The van der Waals surface area contributed by atoms with Crippen LogP contribution in [-0.4, -0.2) is 33.5 Å². The zero-order valence-electron chi connectivity index (χ0n) is 16.4. The number of aliphatic hydroxyl groups excluding tert-OH is 1. The molecule has 0 aliphatic heterocycles. The fraction of sp³-hybridized carbons (Fsp3) is 0.682. The molecule has 0 fully saturated rings. The number of carboxylic acids is 1. The first kappa shape index (κ1) is 22.7. The van der Waals surface area contributed by atoms with Gasteiger partial charge in [-0.2, -0.15) is 0 Å². The van der Waals surface area contributed by atoms with Gasteiger partial charge in [0.1, 0.15) is 0 Å². The second-order valence-electron chi connectivity index (χ2n) is 7.38. The highest BCUT2D eigenvalue weighted by molar-refractivity contribution is 5.68. The summed E-state index contributed by atoms with van der Waals surface area (Å²) < 4.78 is 0. The van der Waals surface area contributed by atoms with Gasteiger partial charge < -0.3 is 15.3 Å². The van der Waals surface area contributed by atoms with Crippen LogP contribution < -0.4 is 0 Å². The highest BCUT2D eigenvalue weighted by Crippen LogP contribution is 2.39. The number of carboxylic acid groups (broad SMARTS) is 1. The van der Waals surface area contributed by atoms with Crippen molar-refractivity contribution in [3.63, 3.8) is 0 Å². The first-order valence-electron chi connectivity index (χ1n) is 10.1. The smallest absolute Gasteiger partial charge is 0.304 e. The molecule has 148 valence electrons. The zero-order chi connectivity index (χ0) is 19.4. The van der Waals surface area contributed by atoms with Gasteiger partial charge in [-0.05, 0) is 30.4 Å². The lowest BCUT2D eigenvalue weighted by molar-refractivity contribution is -0.139. The van der Waals surface area contributed by atoms with Crippen molar-refractivity contribution in [3.8, 4) is 0 Å². The fourth-order valence-corrected chi connectivity index (χ4v) is 3.65. The van der Waals surface area contributed by atoms with E-state index in [-0.39, 0.29) is 13.0 Å². The minimum atomic E-state index is -0.985. The molecule has 0 amide bonds. The van der Waals surface area contributed by atoms with E-state index in [1.165, 1.54) is 0 Å². The van der Waals surface area contributed by atoms with Crippen LogP contribution >= 0.6 is 0 Å². The lowest BCUT2D eigenvalue weighted by atomic mass is 9.74. The Hall–Kier alpha value is -1.39. The number of hydrogen-bond donors (Lipinski definition) is 3. The predicted molar refractivity (Wildman–Crippen MR) is 105 cm³/mol. The predicted octanol–water partition coefficient (Wildman–Crippen LogP) is 4.67. The minimum Gasteiger partial charge on any atom is -0.481 e. The van der Waals surface area contributed by atoms with Crippen molar-refractivity contribution in [3.05, 3.63) is 35.4 Å². The van der Waals surface area contributed by atoms with Gasteiger partial charge in [0.15, 0.2) is 0 Å². The summed E-state index contributed by atoms with van der Waals surface area (Å²) in [6.45, 7) is 4.34. The molecule has 0 radical (unpaired) electrons. The van der Waals surface area contributed by atoms with Crippen LogP contribution in [0, 0.1) is 0 Å². The second kappa shape index (κ2) is 12.1. The van der Waals surface area contributed by atoms with E-state index < -0.39 is 17.5 Å². The standard InChI is InChI=1S/C22H36O4/c1-3-5-7-8-15-22(26,14-6-4-2)20(17-21(24)25)19-11-9-18(10-12-19)13-16-23/h9-12,20,23,26H,3-8,13-17H2,1-2H3,(H,24,25). The van der Waals surface area contributed by atoms with E-state index in [0.29, 0.717) is 19.3 Å². The molecule has 0 spiro atoms. The van der Waals surface area contributed by atoms with E-state index in [4.69, 9.17) is 5.11 Å². The summed E-state index contributed by atoms with van der Waals surface area (Å²) >= 11 is 0. The Morgan fingerprint density at radius 2 is 1.62 bits per heavy atom. The van der Waals surface area contributed by atoms with Crippen molar-refractivity contribution < 1.29 is 20.1 Å². The van der Waals surface area contributed by atoms with Crippen molar-refractivity contribution >= 4 is 5.97 Å². The molecule has 1 aromatic rings. The zero-order valence-corrected chi connectivity index (χ0v) is 16.4. The molecule has 4 heteroatoms. The van der Waals surface area contributed by atoms with Crippen molar-refractivity contribution in [1.82, 2.24) is 0 Å². The van der Waals surface area contributed by atoms with Gasteiger partial charge in [0.2, 0.25) is 0 Å². The summed E-state index contributed by atoms with van der Waals surface area (Å²) in [7, 11) is 0. The van der Waals surface area contributed by atoms with E-state index in [9.17, 15) is 15.0 Å². The van der Waals surface area contributed by atoms with Gasteiger partial charge in [-0.3, -0.25) is 4.79 Å². The lowest BCUT2D eigenvalue weighted by Crippen LogP contribution is -2.37. The minimum absolute atomic E-state index is 0.0622. The normalized spacial score (nSPS) is 14.8. The fourth-order valence-electron chi connectivity index (χ4n) is 3.65. The third-order valence-electron chi connectivity index (χ3n) is 5.24. The first-order chi connectivity index (χ1) is 12.5. The van der Waals surface area contributed by atoms with Crippen LogP contribution in [0.5, 0.6) is 0 Å². The maximum atomic E-state index is 11.5. The number of aliphatic carboxylic acids is 1. The van der Waals surface area contributed by atoms with Gasteiger partial charge >= 0.3 is 5.97 Å². The van der Waals surface area contributed by atoms with Crippen LogP contribution in [-0.2, 0) is 11.2 Å². The molecule has 2 atom stereocenters. The molecule has 26 heavy (non-hydrogen) atoms. The van der Waals surface area contributed by atoms with Crippen molar-refractivity contribution in [2.24, 2.45) is 0 Å². The van der Waals surface area contributed by atoms with Crippen LogP contribution in [0.25, 0.3) is 0 Å². The lowest BCUT2D eigenvalue weighted by Gasteiger charge is -2.36. The number of carbonyl (C=O) groups is 1. The molecule has 0 aliphatic rings. The second-order valence-corrected chi connectivity index (χ2v) is 7.38. The molecule has 4 nitrogen and oxygen atoms in total. The Labute approximate surface area is 158 Å². The molecule has 1 aromatic carbocycles. The van der Waals surface area contributed by atoms with Gasteiger partial charge in [0.25, 0.3) is 0 Å². The van der Waals surface area contributed by atoms with Crippen molar-refractivity contribution in [2.45, 2.75) is 89.6 Å². The Kier molecular flexibility index (Phi) is 10.5. The van der Waals surface area contributed by atoms with Gasteiger partial charge in [0.05, 0.1) is 12.0 Å². The van der Waals surface area contributed by atoms with Crippen LogP contribution in [0.1, 0.15) is 88.7 Å². The molecule has 1 rings (SSSR count). The maximum absolute atomic E-state index is 11.5. The number of unbranched alkanes of at least 4 members (excludes halogenated alkanes) is 4. The molecule has 0 aliphatic carbocycles. The summed E-state index contributed by atoms with van der Waals surface area (Å²) in [5.41, 5.74) is 0.911. The third kappa shape index (κ3) is 7.46. The SMILES string of the molecule is CCCCCCC(O)(CCCC)C(CC(=O)O)c1ccc(CCO)cc1. The Balaban J connectivity index is 3.05. The first-order valence-corrected chi connectivity index (χ1v) is 10.1. The van der Waals surface area contributed by atoms with Crippen LogP contribution in [0.15, 0.2) is 24.3 Å². The van der Waals surface area contributed by atoms with E-state index in [1.54, 1.807) is 0 Å². The average molecular weight is 365 g/mol. The molecule has 0 saturated carbocycles. The monoisotopic (exact) mass is 364 g/mol. The number of benzene rings is 1. The summed E-state index contributed by atoms with van der Waals surface area (Å²) in [6.07, 6.45) is 7.94. The molecule has 2 unspecified atom stereocenters. The highest BCUT2D eigenvalue weighted by Gasteiger charge is 2.38. The van der Waals surface area contributed by atoms with Gasteiger partial charge in [0, 0.05) is 12.5 Å². The number of hydrogen-bond acceptors (Lipinski definition) is 3. The molecular formula is C22H36O4. The van der Waals surface area contributed by atoms with E-state index in [1.807, 2.05) is 24.3 Å². The van der Waals surface area contributed by atoms with Crippen molar-refractivity contribution in [1.29, 1.82) is 0 Å². The van der Waals surface area contributed by atoms with Crippen LogP contribution in [0.3, 0.4) is 0 Å². The largest absolute Gasteiger partial charge is 0.481 e. The van der Waals surface area contributed by atoms with Gasteiger partial charge in [-0.25, -0.2) is 0 Å². The summed E-state index contributed by atoms with van der Waals surface area (Å²) in [5.74, 6) is -1.28. The van der Waals surface area contributed by atoms with Gasteiger partial charge in [-0.1, -0.05) is 76.6 Å². The van der Waals surface area contributed by atoms with Crippen molar-refractivity contribution in [2.75, 3.05) is 6.61 Å². The number of aliphatic hydroxyl groups is 2. The van der Waals surface area contributed by atoms with Crippen LogP contribution in [0.2, 0.25) is 0 Å². The average Bonchev–Trinajstić information content (AvgIpc) is 2.62. The molecule has 3 N–H and O–H groups in total. The quantitative estimate of drug-likeness (QED) is 0.419. The topological polar surface area (TPSA) is 77.8 Å².